The van der Waals surface area contributed by atoms with E-state index in [1.54, 1.807) is 13.8 Å². The van der Waals surface area contributed by atoms with E-state index in [1.165, 1.54) is 19.3 Å². The Morgan fingerprint density at radius 3 is 0.826 bits per heavy atom. The van der Waals surface area contributed by atoms with Gasteiger partial charge in [0, 0.05) is 12.8 Å². The molecule has 0 heterocycles. The third kappa shape index (κ3) is 115. The molecule has 0 aromatic carbocycles. The standard InChI is InChI=1S/2C6H12O.C4H10.C3H8.2CH4/c2*1-3-4-5-6(2)7;1-3-4-2;1-3-2;;/h2*3-5H2,1-2H3;3-4H2,1-2H3;3H2,1-2H3;2*1H4. The van der Waals surface area contributed by atoms with Crippen LogP contribution in [0.5, 0.6) is 0 Å². The summed E-state index contributed by atoms with van der Waals surface area (Å²) in [4.78, 5) is 20.4. The van der Waals surface area contributed by atoms with Gasteiger partial charge in [0.15, 0.2) is 0 Å². The molecule has 0 fully saturated rings. The molecule has 0 aromatic rings. The number of carbonyl (C=O) groups excluding carboxylic acids is 2. The molecule has 0 N–H and O–H groups in total. The molecule has 0 aliphatic carbocycles. The lowest BCUT2D eigenvalue weighted by molar-refractivity contribution is -0.117. The van der Waals surface area contributed by atoms with Gasteiger partial charge in [-0.05, 0) is 26.7 Å². The predicted octanol–water partition coefficient (Wildman–Crippen LogP) is 8.03. The van der Waals surface area contributed by atoms with Crippen molar-refractivity contribution >= 4 is 11.6 Å². The van der Waals surface area contributed by atoms with Crippen molar-refractivity contribution in [2.45, 2.75) is 128 Å². The molecule has 0 aliphatic rings. The summed E-state index contributed by atoms with van der Waals surface area (Å²) in [6.45, 7) is 16.1. The first-order valence-corrected chi connectivity index (χ1v) is 8.86. The van der Waals surface area contributed by atoms with E-state index in [0.717, 1.165) is 38.5 Å². The third-order valence-electron chi connectivity index (χ3n) is 2.26. The summed E-state index contributed by atoms with van der Waals surface area (Å²) >= 11 is 0. The maximum Gasteiger partial charge on any atom is 0.129 e. The largest absolute Gasteiger partial charge is 0.300 e. The summed E-state index contributed by atoms with van der Waals surface area (Å²) in [6, 6.07) is 0. The molecule has 0 spiro atoms. The van der Waals surface area contributed by atoms with Gasteiger partial charge in [-0.2, -0.15) is 0 Å². The Morgan fingerprint density at radius 1 is 0.565 bits per heavy atom. The molecule has 0 atom stereocenters. The molecule has 0 aromatic heterocycles. The second-order valence-corrected chi connectivity index (χ2v) is 5.32. The second-order valence-electron chi connectivity index (χ2n) is 5.32. The first kappa shape index (κ1) is 38.1. The minimum Gasteiger partial charge on any atom is -0.300 e. The van der Waals surface area contributed by atoms with Gasteiger partial charge in [0.05, 0.1) is 0 Å². The van der Waals surface area contributed by atoms with E-state index in [0.29, 0.717) is 11.6 Å². The zero-order valence-corrected chi connectivity index (χ0v) is 16.2. The summed E-state index contributed by atoms with van der Waals surface area (Å²) in [5.74, 6) is 0.615. The number of unbranched alkanes of at least 4 members (excludes halogenated alkanes) is 3. The highest BCUT2D eigenvalue weighted by atomic mass is 16.1. The lowest BCUT2D eigenvalue weighted by Gasteiger charge is -1.86. The highest BCUT2D eigenvalue weighted by molar-refractivity contribution is 5.75. The van der Waals surface area contributed by atoms with Crippen LogP contribution >= 0.6 is 0 Å². The molecule has 0 rings (SSSR count). The number of hydrogen-bond donors (Lipinski definition) is 0. The molecule has 0 unspecified atom stereocenters. The van der Waals surface area contributed by atoms with Crippen LogP contribution < -0.4 is 0 Å². The summed E-state index contributed by atoms with van der Waals surface area (Å²) < 4.78 is 0. The Labute approximate surface area is 149 Å². The Bertz CT molecular complexity index is 166. The quantitative estimate of drug-likeness (QED) is 0.472. The topological polar surface area (TPSA) is 34.1 Å². The van der Waals surface area contributed by atoms with Crippen molar-refractivity contribution in [1.82, 2.24) is 0 Å². The maximum atomic E-state index is 10.2. The molecular weight excluding hydrogens is 284 g/mol. The SMILES string of the molecule is C.C.CCC.CCCC.CCCCC(C)=O.CCCCC(C)=O. The lowest BCUT2D eigenvalue weighted by Crippen LogP contribution is -1.86. The zero-order chi connectivity index (χ0) is 17.5. The van der Waals surface area contributed by atoms with Crippen LogP contribution in [0.3, 0.4) is 0 Å². The fourth-order valence-corrected chi connectivity index (χ4v) is 0.851. The number of carbonyl (C=O) groups is 2. The zero-order valence-electron chi connectivity index (χ0n) is 16.2. The summed E-state index contributed by atoms with van der Waals surface area (Å²) in [5.41, 5.74) is 0. The average Bonchev–Trinajstić information content (AvgIpc) is 2.44. The van der Waals surface area contributed by atoms with Crippen molar-refractivity contribution < 1.29 is 9.59 Å². The van der Waals surface area contributed by atoms with E-state index >= 15 is 0 Å². The molecular formula is C21H50O2. The van der Waals surface area contributed by atoms with Crippen LogP contribution in [0.4, 0.5) is 0 Å². The van der Waals surface area contributed by atoms with Crippen molar-refractivity contribution in [3.8, 4) is 0 Å². The van der Waals surface area contributed by atoms with Crippen molar-refractivity contribution in [2.75, 3.05) is 0 Å². The van der Waals surface area contributed by atoms with Crippen molar-refractivity contribution in [2.24, 2.45) is 0 Å². The van der Waals surface area contributed by atoms with Crippen LogP contribution in [0, 0.1) is 0 Å². The second kappa shape index (κ2) is 42.9. The van der Waals surface area contributed by atoms with Gasteiger partial charge < -0.3 is 9.59 Å². The molecule has 23 heavy (non-hydrogen) atoms. The Morgan fingerprint density at radius 2 is 0.783 bits per heavy atom. The van der Waals surface area contributed by atoms with Gasteiger partial charge in [0.25, 0.3) is 0 Å². The molecule has 0 bridgehead atoms. The van der Waals surface area contributed by atoms with E-state index in [4.69, 9.17) is 0 Å². The van der Waals surface area contributed by atoms with Crippen LogP contribution in [0.15, 0.2) is 0 Å². The monoisotopic (exact) mass is 334 g/mol. The molecule has 0 radical (unpaired) electrons. The molecule has 0 saturated carbocycles. The van der Waals surface area contributed by atoms with Crippen LogP contribution in [-0.2, 0) is 9.59 Å². The highest BCUT2D eigenvalue weighted by Gasteiger charge is 1.88. The number of ketones is 2. The van der Waals surface area contributed by atoms with E-state index in [9.17, 15) is 9.59 Å². The normalized spacial score (nSPS) is 7.48. The molecule has 2 heteroatoms. The summed E-state index contributed by atoms with van der Waals surface area (Å²) in [6.07, 6.45) is 9.76. The van der Waals surface area contributed by atoms with Gasteiger partial charge in [-0.3, -0.25) is 0 Å². The Hall–Kier alpha value is -0.660. The average molecular weight is 335 g/mol. The molecule has 146 valence electrons. The van der Waals surface area contributed by atoms with Gasteiger partial charge in [-0.1, -0.05) is 88.5 Å². The van der Waals surface area contributed by atoms with E-state index in [1.807, 2.05) is 0 Å². The van der Waals surface area contributed by atoms with E-state index in [2.05, 4.69) is 41.5 Å². The van der Waals surface area contributed by atoms with Crippen LogP contribution in [0.25, 0.3) is 0 Å². The minimum atomic E-state index is 0. The third-order valence-corrected chi connectivity index (χ3v) is 2.26. The van der Waals surface area contributed by atoms with Crippen molar-refractivity contribution in [3.05, 3.63) is 0 Å². The predicted molar refractivity (Wildman–Crippen MR) is 110 cm³/mol. The minimum absolute atomic E-state index is 0. The first-order valence-electron chi connectivity index (χ1n) is 8.86. The number of hydrogen-bond acceptors (Lipinski definition) is 2. The maximum absolute atomic E-state index is 10.2. The van der Waals surface area contributed by atoms with Crippen molar-refractivity contribution in [1.29, 1.82) is 0 Å². The number of Topliss-reactive ketones (excluding diaryl/α,β-unsaturated/α-hetero) is 2. The Kier molecular flexibility index (Phi) is 71.1. The van der Waals surface area contributed by atoms with Crippen LogP contribution in [-0.4, -0.2) is 11.6 Å². The molecule has 0 amide bonds. The fourth-order valence-electron chi connectivity index (χ4n) is 0.851. The van der Waals surface area contributed by atoms with Gasteiger partial charge in [0.2, 0.25) is 0 Å². The van der Waals surface area contributed by atoms with E-state index in [-0.39, 0.29) is 14.9 Å². The smallest absolute Gasteiger partial charge is 0.129 e. The highest BCUT2D eigenvalue weighted by Crippen LogP contribution is 1.93. The molecule has 2 nitrogen and oxygen atoms in total. The van der Waals surface area contributed by atoms with Crippen LogP contribution in [0.2, 0.25) is 0 Å². The van der Waals surface area contributed by atoms with Gasteiger partial charge in [0.1, 0.15) is 11.6 Å². The first-order chi connectivity index (χ1) is 9.87. The number of rotatable bonds is 7. The lowest BCUT2D eigenvalue weighted by atomic mass is 10.2. The molecule has 0 saturated heterocycles. The van der Waals surface area contributed by atoms with Gasteiger partial charge in [-0.25, -0.2) is 0 Å². The Balaban J connectivity index is -0.0000000428. The fraction of sp³-hybridized carbons (Fsp3) is 0.905. The van der Waals surface area contributed by atoms with Gasteiger partial charge in [-0.15, -0.1) is 0 Å². The van der Waals surface area contributed by atoms with Crippen LogP contribution in [0.1, 0.15) is 128 Å². The molecule has 0 aliphatic heterocycles. The summed E-state index contributed by atoms with van der Waals surface area (Å²) in [5, 5.41) is 0. The van der Waals surface area contributed by atoms with Gasteiger partial charge >= 0.3 is 0 Å². The summed E-state index contributed by atoms with van der Waals surface area (Å²) in [7, 11) is 0. The van der Waals surface area contributed by atoms with Crippen molar-refractivity contribution in [3.63, 3.8) is 0 Å². The van der Waals surface area contributed by atoms with E-state index < -0.39 is 0 Å².